The van der Waals surface area contributed by atoms with Crippen LogP contribution in [0.1, 0.15) is 5.56 Å². The van der Waals surface area contributed by atoms with Gasteiger partial charge in [-0.15, -0.1) is 0 Å². The number of nitrogens with one attached hydrogen (secondary N) is 2. The number of fused-ring (bicyclic) bond motifs is 1. The van der Waals surface area contributed by atoms with Gasteiger partial charge in [0.2, 0.25) is 0 Å². The molecule has 2 aromatic carbocycles. The van der Waals surface area contributed by atoms with Crippen LogP contribution in [0.25, 0.3) is 11.0 Å². The molecule has 30 heavy (non-hydrogen) atoms. The van der Waals surface area contributed by atoms with E-state index < -0.39 is 18.3 Å². The van der Waals surface area contributed by atoms with Crippen LogP contribution < -0.4 is 15.4 Å². The van der Waals surface area contributed by atoms with E-state index in [1.165, 1.54) is 0 Å². The largest absolute Gasteiger partial charge is 0.497 e. The summed E-state index contributed by atoms with van der Waals surface area (Å²) in [6.07, 6.45) is 0.512. The summed E-state index contributed by atoms with van der Waals surface area (Å²) in [5, 5.41) is 16.3. The standard InChI is InChI=1S/C22H26N4O4/c1-29-16-8-6-15(7-9-16)12-18-21(20(27)13-24-18)30-22(28)23-10-11-26-14-25-17-4-2-3-5-19(17)26/h2-9,14,18,20-21,24,27H,10-13H2,1H3,(H,23,28)/t18-,20+,21+/m1/s1. The Morgan fingerprint density at radius 3 is 2.87 bits per heavy atom. The highest BCUT2D eigenvalue weighted by atomic mass is 16.6. The van der Waals surface area contributed by atoms with E-state index >= 15 is 0 Å². The van der Waals surface area contributed by atoms with Gasteiger partial charge in [0.05, 0.1) is 30.5 Å². The number of β-amino-alcohol motifs (C(OH)–C–C–N with tert-alkyl or cyclic N) is 1. The van der Waals surface area contributed by atoms with Crippen molar-refractivity contribution in [1.82, 2.24) is 20.2 Å². The fraction of sp³-hybridized carbons (Fsp3) is 0.364. The summed E-state index contributed by atoms with van der Waals surface area (Å²) in [5.74, 6) is 0.788. The Morgan fingerprint density at radius 1 is 1.27 bits per heavy atom. The van der Waals surface area contributed by atoms with E-state index in [0.29, 0.717) is 26.1 Å². The molecule has 8 nitrogen and oxygen atoms in total. The predicted octanol–water partition coefficient (Wildman–Crippen LogP) is 1.72. The predicted molar refractivity (Wildman–Crippen MR) is 113 cm³/mol. The van der Waals surface area contributed by atoms with Gasteiger partial charge in [-0.1, -0.05) is 24.3 Å². The molecule has 0 radical (unpaired) electrons. The van der Waals surface area contributed by atoms with E-state index in [1.807, 2.05) is 53.1 Å². The fourth-order valence-corrected chi connectivity index (χ4v) is 3.77. The first-order valence-electron chi connectivity index (χ1n) is 10.0. The van der Waals surface area contributed by atoms with Gasteiger partial charge >= 0.3 is 6.09 Å². The minimum absolute atomic E-state index is 0.156. The lowest BCUT2D eigenvalue weighted by Gasteiger charge is -2.22. The molecule has 2 heterocycles. The second-order valence-corrected chi connectivity index (χ2v) is 7.36. The highest BCUT2D eigenvalue weighted by molar-refractivity contribution is 5.75. The third-order valence-corrected chi connectivity index (χ3v) is 5.37. The van der Waals surface area contributed by atoms with Gasteiger partial charge in [0.15, 0.2) is 0 Å². The van der Waals surface area contributed by atoms with E-state index in [4.69, 9.17) is 9.47 Å². The number of imidazole rings is 1. The molecule has 3 N–H and O–H groups in total. The molecule has 0 spiro atoms. The number of carbonyl (C=O) groups excluding carboxylic acids is 1. The zero-order chi connectivity index (χ0) is 20.9. The molecule has 3 atom stereocenters. The van der Waals surface area contributed by atoms with Crippen LogP contribution in [0.2, 0.25) is 0 Å². The van der Waals surface area contributed by atoms with Crippen molar-refractivity contribution in [3.63, 3.8) is 0 Å². The Bertz CT molecular complexity index is 988. The van der Waals surface area contributed by atoms with Gasteiger partial charge < -0.3 is 29.8 Å². The lowest BCUT2D eigenvalue weighted by Crippen LogP contribution is -2.42. The molecule has 8 heteroatoms. The van der Waals surface area contributed by atoms with E-state index in [-0.39, 0.29) is 6.04 Å². The number of ether oxygens (including phenoxy) is 2. The van der Waals surface area contributed by atoms with E-state index in [2.05, 4.69) is 15.6 Å². The molecule has 4 rings (SSSR count). The SMILES string of the molecule is COc1ccc(C[C@H]2NC[C@H](O)[C@H]2OC(=O)NCCn2cnc3ccccc32)cc1. The number of methoxy groups -OCH3 is 1. The maximum absolute atomic E-state index is 12.3. The van der Waals surface area contributed by atoms with Crippen LogP contribution in [0.4, 0.5) is 4.79 Å². The number of aromatic nitrogens is 2. The summed E-state index contributed by atoms with van der Waals surface area (Å²) in [4.78, 5) is 16.6. The average Bonchev–Trinajstić information content (AvgIpc) is 3.33. The molecule has 1 aliphatic rings. The number of rotatable bonds is 7. The third kappa shape index (κ3) is 4.55. The van der Waals surface area contributed by atoms with Gasteiger partial charge in [0, 0.05) is 19.6 Å². The summed E-state index contributed by atoms with van der Waals surface area (Å²) in [7, 11) is 1.63. The minimum atomic E-state index is -0.739. The number of nitrogens with zero attached hydrogens (tertiary/aromatic N) is 2. The zero-order valence-electron chi connectivity index (χ0n) is 16.8. The normalized spacial score (nSPS) is 20.9. The number of benzene rings is 2. The van der Waals surface area contributed by atoms with Gasteiger partial charge in [-0.2, -0.15) is 0 Å². The molecule has 1 aromatic heterocycles. The van der Waals surface area contributed by atoms with Gasteiger partial charge in [-0.3, -0.25) is 0 Å². The van der Waals surface area contributed by atoms with Gasteiger partial charge in [-0.25, -0.2) is 9.78 Å². The van der Waals surface area contributed by atoms with Crippen LogP contribution in [-0.4, -0.2) is 59.2 Å². The number of amides is 1. The van der Waals surface area contributed by atoms with E-state index in [9.17, 15) is 9.90 Å². The molecule has 0 aliphatic carbocycles. The molecule has 3 aromatic rings. The Balaban J connectivity index is 1.29. The number of hydrogen-bond donors (Lipinski definition) is 3. The number of para-hydroxylation sites is 2. The lowest BCUT2D eigenvalue weighted by molar-refractivity contribution is 0.0189. The highest BCUT2D eigenvalue weighted by Gasteiger charge is 2.37. The molecule has 0 bridgehead atoms. The Morgan fingerprint density at radius 2 is 2.07 bits per heavy atom. The van der Waals surface area contributed by atoms with Crippen molar-refractivity contribution in [3.05, 3.63) is 60.4 Å². The average molecular weight is 410 g/mol. The van der Waals surface area contributed by atoms with Crippen molar-refractivity contribution in [2.24, 2.45) is 0 Å². The van der Waals surface area contributed by atoms with Gasteiger partial charge in [0.1, 0.15) is 18.0 Å². The molecule has 0 saturated carbocycles. The first-order valence-corrected chi connectivity index (χ1v) is 10.0. The number of alkyl carbamates (subject to hydrolysis) is 1. The van der Waals surface area contributed by atoms with Crippen molar-refractivity contribution in [2.75, 3.05) is 20.2 Å². The first kappa shape index (κ1) is 20.2. The molecular weight excluding hydrogens is 384 g/mol. The Labute approximate surface area is 174 Å². The Kier molecular flexibility index (Phi) is 6.15. The second-order valence-electron chi connectivity index (χ2n) is 7.36. The lowest BCUT2D eigenvalue weighted by atomic mass is 10.0. The Hall–Kier alpha value is -3.10. The third-order valence-electron chi connectivity index (χ3n) is 5.37. The topological polar surface area (TPSA) is 97.6 Å². The highest BCUT2D eigenvalue weighted by Crippen LogP contribution is 2.19. The summed E-state index contributed by atoms with van der Waals surface area (Å²) in [6, 6.07) is 15.4. The van der Waals surface area contributed by atoms with E-state index in [1.54, 1.807) is 13.4 Å². The molecule has 0 unspecified atom stereocenters. The van der Waals surface area contributed by atoms with Crippen molar-refractivity contribution in [3.8, 4) is 5.75 Å². The van der Waals surface area contributed by atoms with Crippen LogP contribution in [0.15, 0.2) is 54.9 Å². The van der Waals surface area contributed by atoms with Crippen LogP contribution in [0.3, 0.4) is 0 Å². The molecule has 158 valence electrons. The van der Waals surface area contributed by atoms with Crippen LogP contribution in [-0.2, 0) is 17.7 Å². The van der Waals surface area contributed by atoms with Crippen LogP contribution >= 0.6 is 0 Å². The second kappa shape index (κ2) is 9.15. The van der Waals surface area contributed by atoms with Crippen LogP contribution in [0, 0.1) is 0 Å². The summed E-state index contributed by atoms with van der Waals surface area (Å²) >= 11 is 0. The first-order chi connectivity index (χ1) is 14.6. The number of carbonyl (C=O) groups is 1. The summed E-state index contributed by atoms with van der Waals surface area (Å²) in [6.45, 7) is 1.37. The van der Waals surface area contributed by atoms with Crippen molar-refractivity contribution in [1.29, 1.82) is 0 Å². The maximum atomic E-state index is 12.3. The quantitative estimate of drug-likeness (QED) is 0.549. The zero-order valence-corrected chi connectivity index (χ0v) is 16.8. The molecule has 1 fully saturated rings. The number of hydrogen-bond acceptors (Lipinski definition) is 6. The molecule has 1 amide bonds. The van der Waals surface area contributed by atoms with Gasteiger partial charge in [-0.05, 0) is 36.2 Å². The summed E-state index contributed by atoms with van der Waals surface area (Å²) < 4.78 is 12.7. The molecule has 1 aliphatic heterocycles. The fourth-order valence-electron chi connectivity index (χ4n) is 3.77. The maximum Gasteiger partial charge on any atom is 0.407 e. The summed E-state index contributed by atoms with van der Waals surface area (Å²) in [5.41, 5.74) is 3.01. The van der Waals surface area contributed by atoms with E-state index in [0.717, 1.165) is 22.3 Å². The van der Waals surface area contributed by atoms with Crippen molar-refractivity contribution < 1.29 is 19.4 Å². The number of aliphatic hydroxyl groups excluding tert-OH is 1. The molecule has 1 saturated heterocycles. The monoisotopic (exact) mass is 410 g/mol. The minimum Gasteiger partial charge on any atom is -0.497 e. The van der Waals surface area contributed by atoms with Crippen LogP contribution in [0.5, 0.6) is 5.75 Å². The van der Waals surface area contributed by atoms with Gasteiger partial charge in [0.25, 0.3) is 0 Å². The molecular formula is C22H26N4O4. The number of aliphatic hydroxyl groups is 1. The van der Waals surface area contributed by atoms with Crippen molar-refractivity contribution in [2.45, 2.75) is 31.2 Å². The smallest absolute Gasteiger partial charge is 0.407 e. The van der Waals surface area contributed by atoms with Crippen molar-refractivity contribution >= 4 is 17.1 Å².